The Labute approximate surface area is 211 Å². The quantitative estimate of drug-likeness (QED) is 0.368. The smallest absolute Gasteiger partial charge is 0.243 e. The van der Waals surface area contributed by atoms with Crippen LogP contribution >= 0.6 is 34.8 Å². The average Bonchev–Trinajstić information content (AvgIpc) is 2.73. The molecule has 2 aromatic carbocycles. The third kappa shape index (κ3) is 9.07. The molecule has 0 fully saturated rings. The summed E-state index contributed by atoms with van der Waals surface area (Å²) < 4.78 is 5.70. The van der Waals surface area contributed by atoms with E-state index in [9.17, 15) is 9.59 Å². The molecule has 33 heavy (non-hydrogen) atoms. The molecule has 0 heterocycles. The number of nitrogens with zero attached hydrogens (tertiary/aromatic N) is 1. The van der Waals surface area contributed by atoms with Gasteiger partial charge in [-0.15, -0.1) is 0 Å². The molecule has 0 saturated heterocycles. The number of carbonyl (C=O) groups excluding carboxylic acids is 2. The van der Waals surface area contributed by atoms with Crippen molar-refractivity contribution < 1.29 is 14.3 Å². The maximum atomic E-state index is 13.2. The van der Waals surface area contributed by atoms with E-state index in [1.807, 2.05) is 33.8 Å². The number of hydrogen-bond acceptors (Lipinski definition) is 3. The summed E-state index contributed by atoms with van der Waals surface area (Å²) in [7, 11) is 0. The molecule has 0 unspecified atom stereocenters. The van der Waals surface area contributed by atoms with Crippen LogP contribution in [0.2, 0.25) is 15.1 Å². The van der Waals surface area contributed by atoms with E-state index in [1.54, 1.807) is 41.3 Å². The largest absolute Gasteiger partial charge is 0.494 e. The van der Waals surface area contributed by atoms with Gasteiger partial charge in [0, 0.05) is 23.5 Å². The maximum absolute atomic E-state index is 13.2. The highest BCUT2D eigenvalue weighted by atomic mass is 35.5. The lowest BCUT2D eigenvalue weighted by Crippen LogP contribution is -2.53. The van der Waals surface area contributed by atoms with Crippen molar-refractivity contribution in [2.75, 3.05) is 6.61 Å². The van der Waals surface area contributed by atoms with Crippen LogP contribution in [0.5, 0.6) is 5.75 Å². The molecule has 0 radical (unpaired) electrons. The van der Waals surface area contributed by atoms with Crippen molar-refractivity contribution in [2.24, 2.45) is 0 Å². The summed E-state index contributed by atoms with van der Waals surface area (Å²) in [6.45, 7) is 8.26. The zero-order chi connectivity index (χ0) is 24.6. The maximum Gasteiger partial charge on any atom is 0.243 e. The third-order valence-electron chi connectivity index (χ3n) is 4.84. The highest BCUT2D eigenvalue weighted by Crippen LogP contribution is 2.24. The molecule has 1 atom stereocenters. The first-order chi connectivity index (χ1) is 15.5. The third-order valence-corrected chi connectivity index (χ3v) is 5.83. The number of benzene rings is 2. The fourth-order valence-electron chi connectivity index (χ4n) is 3.29. The molecule has 1 N–H and O–H groups in total. The summed E-state index contributed by atoms with van der Waals surface area (Å²) in [5.74, 6) is 0.378. The Bertz CT molecular complexity index is 943. The van der Waals surface area contributed by atoms with Crippen molar-refractivity contribution in [3.05, 3.63) is 63.1 Å². The molecule has 0 saturated carbocycles. The van der Waals surface area contributed by atoms with Crippen molar-refractivity contribution in [3.8, 4) is 5.75 Å². The molecule has 8 heteroatoms. The zero-order valence-corrected chi connectivity index (χ0v) is 21.7. The first-order valence-corrected chi connectivity index (χ1v) is 12.1. The van der Waals surface area contributed by atoms with E-state index >= 15 is 0 Å². The van der Waals surface area contributed by atoms with Crippen molar-refractivity contribution in [1.29, 1.82) is 0 Å². The molecule has 2 aromatic rings. The fourth-order valence-corrected chi connectivity index (χ4v) is 3.74. The first-order valence-electron chi connectivity index (χ1n) is 10.9. The van der Waals surface area contributed by atoms with Gasteiger partial charge in [-0.25, -0.2) is 0 Å². The molecule has 0 aliphatic rings. The van der Waals surface area contributed by atoms with Gasteiger partial charge in [-0.2, -0.15) is 0 Å². The second-order valence-corrected chi connectivity index (χ2v) is 10.1. The van der Waals surface area contributed by atoms with E-state index in [4.69, 9.17) is 39.5 Å². The van der Waals surface area contributed by atoms with Crippen molar-refractivity contribution >= 4 is 46.6 Å². The SMILES string of the molecule is CC[C@H](C(=O)NC(C)(C)C)N(Cc1ccc(Cl)c(Cl)c1)C(=O)CCCOc1ccc(Cl)cc1. The number of halogens is 3. The topological polar surface area (TPSA) is 58.6 Å². The van der Waals surface area contributed by atoms with Crippen LogP contribution in [0, 0.1) is 0 Å². The molecule has 5 nitrogen and oxygen atoms in total. The van der Waals surface area contributed by atoms with E-state index in [0.29, 0.717) is 40.3 Å². The second-order valence-electron chi connectivity index (χ2n) is 8.84. The number of ether oxygens (including phenoxy) is 1. The number of hydrogen-bond donors (Lipinski definition) is 1. The van der Waals surface area contributed by atoms with Crippen LogP contribution in [0.15, 0.2) is 42.5 Å². The van der Waals surface area contributed by atoms with Crippen molar-refractivity contribution in [2.45, 2.75) is 65.1 Å². The van der Waals surface area contributed by atoms with Gasteiger partial charge in [0.1, 0.15) is 11.8 Å². The minimum atomic E-state index is -0.608. The lowest BCUT2D eigenvalue weighted by molar-refractivity contribution is -0.142. The number of carbonyl (C=O) groups is 2. The van der Waals surface area contributed by atoms with Crippen LogP contribution in [0.1, 0.15) is 52.5 Å². The van der Waals surface area contributed by atoms with Gasteiger partial charge in [0.15, 0.2) is 0 Å². The molecule has 0 aromatic heterocycles. The van der Waals surface area contributed by atoms with Crippen LogP contribution in [0.4, 0.5) is 0 Å². The van der Waals surface area contributed by atoms with Gasteiger partial charge >= 0.3 is 0 Å². The molecule has 0 aliphatic heterocycles. The molecular weight excluding hydrogens is 483 g/mol. The molecule has 2 amide bonds. The van der Waals surface area contributed by atoms with Gasteiger partial charge in [-0.3, -0.25) is 9.59 Å². The summed E-state index contributed by atoms with van der Waals surface area (Å²) in [6.07, 6.45) is 1.24. The predicted octanol–water partition coefficient (Wildman–Crippen LogP) is 6.53. The van der Waals surface area contributed by atoms with Gasteiger partial charge in [-0.05, 0) is 75.6 Å². The van der Waals surface area contributed by atoms with E-state index in [2.05, 4.69) is 5.32 Å². The highest BCUT2D eigenvalue weighted by molar-refractivity contribution is 6.42. The Morgan fingerprint density at radius 3 is 2.27 bits per heavy atom. The Kier molecular flexibility index (Phi) is 10.3. The molecule has 0 bridgehead atoms. The first kappa shape index (κ1) is 27.3. The molecule has 2 rings (SSSR count). The minimum absolute atomic E-state index is 0.128. The summed E-state index contributed by atoms with van der Waals surface area (Å²) in [4.78, 5) is 27.9. The van der Waals surface area contributed by atoms with Crippen molar-refractivity contribution in [1.82, 2.24) is 10.2 Å². The van der Waals surface area contributed by atoms with Gasteiger partial charge in [0.2, 0.25) is 11.8 Å². The van der Waals surface area contributed by atoms with Gasteiger partial charge in [0.05, 0.1) is 16.7 Å². The number of amides is 2. The Balaban J connectivity index is 2.11. The second kappa shape index (κ2) is 12.5. The van der Waals surface area contributed by atoms with E-state index in [1.165, 1.54) is 0 Å². The van der Waals surface area contributed by atoms with E-state index in [-0.39, 0.29) is 24.8 Å². The van der Waals surface area contributed by atoms with Gasteiger partial charge in [-0.1, -0.05) is 47.8 Å². The van der Waals surface area contributed by atoms with E-state index in [0.717, 1.165) is 5.56 Å². The highest BCUT2D eigenvalue weighted by Gasteiger charge is 2.30. The van der Waals surface area contributed by atoms with Crippen LogP contribution in [0.3, 0.4) is 0 Å². The number of rotatable bonds is 10. The zero-order valence-electron chi connectivity index (χ0n) is 19.5. The minimum Gasteiger partial charge on any atom is -0.494 e. The van der Waals surface area contributed by atoms with Crippen LogP contribution in [0.25, 0.3) is 0 Å². The molecule has 180 valence electrons. The summed E-state index contributed by atoms with van der Waals surface area (Å²) >= 11 is 18.1. The average molecular weight is 514 g/mol. The van der Waals surface area contributed by atoms with Gasteiger partial charge < -0.3 is 15.0 Å². The van der Waals surface area contributed by atoms with Crippen LogP contribution < -0.4 is 10.1 Å². The predicted molar refractivity (Wildman–Crippen MR) is 135 cm³/mol. The summed E-state index contributed by atoms with van der Waals surface area (Å²) in [5, 5.41) is 4.47. The van der Waals surface area contributed by atoms with E-state index < -0.39 is 11.6 Å². The Morgan fingerprint density at radius 2 is 1.70 bits per heavy atom. The van der Waals surface area contributed by atoms with Crippen molar-refractivity contribution in [3.63, 3.8) is 0 Å². The Morgan fingerprint density at radius 1 is 1.03 bits per heavy atom. The standard InChI is InChI=1S/C25H31Cl3N2O3/c1-5-22(24(32)29-25(2,3)4)30(16-17-8-13-20(27)21(28)15-17)23(31)7-6-14-33-19-11-9-18(26)10-12-19/h8-13,15,22H,5-7,14,16H2,1-4H3,(H,29,32)/t22-/m1/s1. The normalized spacial score (nSPS) is 12.2. The molecule has 0 spiro atoms. The Hall–Kier alpha value is -1.95. The summed E-state index contributed by atoms with van der Waals surface area (Å²) in [6, 6.07) is 11.7. The van der Waals surface area contributed by atoms with Crippen LogP contribution in [-0.2, 0) is 16.1 Å². The number of nitrogens with one attached hydrogen (secondary N) is 1. The summed E-state index contributed by atoms with van der Waals surface area (Å²) in [5.41, 5.74) is 0.395. The lowest BCUT2D eigenvalue weighted by atomic mass is 10.0. The molecular formula is C25H31Cl3N2O3. The molecule has 0 aliphatic carbocycles. The lowest BCUT2D eigenvalue weighted by Gasteiger charge is -2.33. The van der Waals surface area contributed by atoms with Crippen LogP contribution in [-0.4, -0.2) is 34.9 Å². The fraction of sp³-hybridized carbons (Fsp3) is 0.440. The van der Waals surface area contributed by atoms with Gasteiger partial charge in [0.25, 0.3) is 0 Å². The monoisotopic (exact) mass is 512 g/mol.